The van der Waals surface area contributed by atoms with Gasteiger partial charge in [0.2, 0.25) is 0 Å². The molecule has 0 atom stereocenters. The lowest BCUT2D eigenvalue weighted by Crippen LogP contribution is -2.42. The number of methoxy groups -OCH3 is 3. The average molecular weight is 343 g/mol. The Labute approximate surface area is 135 Å². The molecule has 0 aliphatic rings. The van der Waals surface area contributed by atoms with Crippen molar-refractivity contribution in [2.75, 3.05) is 55.7 Å². The van der Waals surface area contributed by atoms with Crippen LogP contribution in [0, 0.1) is 0 Å². The highest BCUT2D eigenvalue weighted by atomic mass is 28.4. The normalized spacial score (nSPS) is 12.0. The van der Waals surface area contributed by atoms with Crippen LogP contribution < -0.4 is 11.5 Å². The standard InChI is InChI=1S/C7H17NO3.C6H17NO3Si/c1-9-7(10-2,11-3)5-4-6-8;1-8-11(9-2,10-3)6-4-5-7/h4-6,8H2,1-3H3;4-7H2,1-3H3. The number of hydrogen-bond donors (Lipinski definition) is 2. The van der Waals surface area contributed by atoms with Crippen molar-refractivity contribution in [2.24, 2.45) is 11.5 Å². The molecule has 0 bridgehead atoms. The predicted molar refractivity (Wildman–Crippen MR) is 87.3 cm³/mol. The van der Waals surface area contributed by atoms with Crippen LogP contribution in [0.1, 0.15) is 19.3 Å². The van der Waals surface area contributed by atoms with E-state index >= 15 is 0 Å². The first-order valence-corrected chi connectivity index (χ1v) is 9.13. The van der Waals surface area contributed by atoms with E-state index in [0.29, 0.717) is 19.5 Å². The van der Waals surface area contributed by atoms with E-state index in [2.05, 4.69) is 0 Å². The predicted octanol–water partition coefficient (Wildman–Crippen LogP) is 0.532. The molecule has 0 heterocycles. The number of hydrogen-bond acceptors (Lipinski definition) is 8. The highest BCUT2D eigenvalue weighted by molar-refractivity contribution is 6.60. The fourth-order valence-corrected chi connectivity index (χ4v) is 3.50. The molecule has 0 aromatic rings. The highest BCUT2D eigenvalue weighted by Crippen LogP contribution is 2.18. The molecule has 0 spiro atoms. The van der Waals surface area contributed by atoms with Crippen LogP contribution in [0.2, 0.25) is 6.04 Å². The molecule has 136 valence electrons. The van der Waals surface area contributed by atoms with Crippen LogP contribution in [-0.2, 0) is 27.5 Å². The third-order valence-corrected chi connectivity index (χ3v) is 6.07. The first-order valence-electron chi connectivity index (χ1n) is 7.20. The molecule has 0 saturated carbocycles. The van der Waals surface area contributed by atoms with E-state index in [0.717, 1.165) is 18.9 Å². The van der Waals surface area contributed by atoms with Crippen LogP contribution in [0.4, 0.5) is 0 Å². The second kappa shape index (κ2) is 14.5. The zero-order chi connectivity index (χ0) is 17.5. The Kier molecular flexibility index (Phi) is 15.9. The van der Waals surface area contributed by atoms with Crippen molar-refractivity contribution in [3.05, 3.63) is 0 Å². The Morgan fingerprint density at radius 3 is 1.41 bits per heavy atom. The van der Waals surface area contributed by atoms with Gasteiger partial charge in [0.25, 0.3) is 5.97 Å². The van der Waals surface area contributed by atoms with Crippen LogP contribution in [0.5, 0.6) is 0 Å². The molecule has 0 aromatic heterocycles. The van der Waals surface area contributed by atoms with Crippen molar-refractivity contribution < 1.29 is 27.5 Å². The van der Waals surface area contributed by atoms with Crippen LogP contribution in [0.3, 0.4) is 0 Å². The van der Waals surface area contributed by atoms with Gasteiger partial charge in [-0.1, -0.05) is 0 Å². The Bertz CT molecular complexity index is 200. The van der Waals surface area contributed by atoms with Crippen molar-refractivity contribution in [3.63, 3.8) is 0 Å². The van der Waals surface area contributed by atoms with Crippen molar-refractivity contribution in [2.45, 2.75) is 31.3 Å². The smallest absolute Gasteiger partial charge is 0.377 e. The summed E-state index contributed by atoms with van der Waals surface area (Å²) in [7, 11) is 7.14. The van der Waals surface area contributed by atoms with Crippen molar-refractivity contribution in [1.82, 2.24) is 0 Å². The van der Waals surface area contributed by atoms with Gasteiger partial charge in [-0.15, -0.1) is 0 Å². The van der Waals surface area contributed by atoms with E-state index in [9.17, 15) is 0 Å². The minimum absolute atomic E-state index is 0.609. The molecular weight excluding hydrogens is 308 g/mol. The molecular formula is C13H34N2O6Si. The summed E-state index contributed by atoms with van der Waals surface area (Å²) in [6.07, 6.45) is 2.34. The maximum Gasteiger partial charge on any atom is 0.500 e. The topological polar surface area (TPSA) is 107 Å². The Balaban J connectivity index is 0. The summed E-state index contributed by atoms with van der Waals surface area (Å²) < 4.78 is 30.6. The summed E-state index contributed by atoms with van der Waals surface area (Å²) in [4.78, 5) is 0. The summed E-state index contributed by atoms with van der Waals surface area (Å²) in [5.41, 5.74) is 10.7. The lowest BCUT2D eigenvalue weighted by Gasteiger charge is -2.28. The Hall–Kier alpha value is -0.103. The van der Waals surface area contributed by atoms with Gasteiger partial charge in [-0.2, -0.15) is 0 Å². The second-order valence-corrected chi connectivity index (χ2v) is 7.47. The van der Waals surface area contributed by atoms with Crippen LogP contribution in [0.25, 0.3) is 0 Å². The van der Waals surface area contributed by atoms with E-state index in [1.54, 1.807) is 42.7 Å². The average Bonchev–Trinajstić information content (AvgIpc) is 2.59. The monoisotopic (exact) mass is 342 g/mol. The second-order valence-electron chi connectivity index (χ2n) is 4.38. The van der Waals surface area contributed by atoms with Gasteiger partial charge in [0.1, 0.15) is 0 Å². The molecule has 0 fully saturated rings. The van der Waals surface area contributed by atoms with Crippen LogP contribution in [0.15, 0.2) is 0 Å². The van der Waals surface area contributed by atoms with Crippen molar-refractivity contribution >= 4 is 8.80 Å². The molecule has 0 aliphatic carbocycles. The molecule has 0 rings (SSSR count). The maximum absolute atomic E-state index is 5.36. The van der Waals surface area contributed by atoms with E-state index in [4.69, 9.17) is 39.0 Å². The lowest BCUT2D eigenvalue weighted by molar-refractivity contribution is -0.355. The molecule has 22 heavy (non-hydrogen) atoms. The Morgan fingerprint density at radius 2 is 1.14 bits per heavy atom. The first kappa shape index (κ1) is 24.2. The van der Waals surface area contributed by atoms with E-state index in [1.807, 2.05) is 0 Å². The fraction of sp³-hybridized carbons (Fsp3) is 1.00. The largest absolute Gasteiger partial charge is 0.500 e. The molecule has 0 saturated heterocycles. The van der Waals surface area contributed by atoms with Gasteiger partial charge in [-0.05, 0) is 25.9 Å². The third-order valence-electron chi connectivity index (χ3n) is 3.24. The summed E-state index contributed by atoms with van der Waals surface area (Å²) in [6.45, 7) is 1.25. The zero-order valence-corrected chi connectivity index (χ0v) is 15.8. The molecule has 0 radical (unpaired) electrons. The maximum atomic E-state index is 5.36. The lowest BCUT2D eigenvalue weighted by atomic mass is 10.3. The van der Waals surface area contributed by atoms with Crippen LogP contribution >= 0.6 is 0 Å². The quantitative estimate of drug-likeness (QED) is 0.391. The summed E-state index contributed by atoms with van der Waals surface area (Å²) in [6, 6.07) is 0.785. The van der Waals surface area contributed by atoms with Crippen molar-refractivity contribution in [1.29, 1.82) is 0 Å². The van der Waals surface area contributed by atoms with Gasteiger partial charge in [0.05, 0.1) is 0 Å². The SMILES string of the molecule is COC(CCCN)(OC)OC.CO[Si](CCCN)(OC)OC. The van der Waals surface area contributed by atoms with E-state index in [-0.39, 0.29) is 0 Å². The van der Waals surface area contributed by atoms with Gasteiger partial charge in [-0.25, -0.2) is 0 Å². The van der Waals surface area contributed by atoms with Crippen molar-refractivity contribution in [3.8, 4) is 0 Å². The van der Waals surface area contributed by atoms with Gasteiger partial charge >= 0.3 is 8.80 Å². The third kappa shape index (κ3) is 9.13. The molecule has 0 unspecified atom stereocenters. The summed E-state index contributed by atoms with van der Waals surface area (Å²) in [5, 5.41) is 0. The van der Waals surface area contributed by atoms with E-state index < -0.39 is 14.8 Å². The number of rotatable bonds is 12. The number of nitrogens with two attached hydrogens (primary N) is 2. The van der Waals surface area contributed by atoms with Gasteiger partial charge in [0.15, 0.2) is 0 Å². The summed E-state index contributed by atoms with van der Waals surface area (Å²) >= 11 is 0. The molecule has 4 N–H and O–H groups in total. The molecule has 8 nitrogen and oxygen atoms in total. The number of ether oxygens (including phenoxy) is 3. The zero-order valence-electron chi connectivity index (χ0n) is 14.8. The Morgan fingerprint density at radius 1 is 0.727 bits per heavy atom. The molecule has 0 aliphatic heterocycles. The molecule has 0 aromatic carbocycles. The minimum atomic E-state index is -2.32. The molecule has 9 heteroatoms. The van der Waals surface area contributed by atoms with Crippen LogP contribution in [-0.4, -0.2) is 70.5 Å². The first-order chi connectivity index (χ1) is 10.5. The minimum Gasteiger partial charge on any atom is -0.377 e. The van der Waals surface area contributed by atoms with E-state index in [1.165, 1.54) is 0 Å². The van der Waals surface area contributed by atoms with Gasteiger partial charge < -0.3 is 39.0 Å². The van der Waals surface area contributed by atoms with Gasteiger partial charge in [0, 0.05) is 55.1 Å². The summed E-state index contributed by atoms with van der Waals surface area (Å²) in [5.74, 6) is -0.903. The fourth-order valence-electron chi connectivity index (χ4n) is 1.75. The highest BCUT2D eigenvalue weighted by Gasteiger charge is 2.36. The van der Waals surface area contributed by atoms with Gasteiger partial charge in [-0.3, -0.25) is 0 Å². The molecule has 0 amide bonds.